The molecular formula is C20H26O4. The Labute approximate surface area is 143 Å². The highest BCUT2D eigenvalue weighted by molar-refractivity contribution is 5.98. The van der Waals surface area contributed by atoms with Gasteiger partial charge in [0, 0.05) is 23.8 Å². The maximum absolute atomic E-state index is 12.9. The van der Waals surface area contributed by atoms with E-state index in [1.165, 1.54) is 0 Å². The summed E-state index contributed by atoms with van der Waals surface area (Å²) in [5.41, 5.74) is 0.571. The smallest absolute Gasteiger partial charge is 0.293 e. The number of ketones is 2. The number of carbonyl (C=O) groups excluding carboxylic acids is 3. The van der Waals surface area contributed by atoms with Gasteiger partial charge in [-0.05, 0) is 61.3 Å². The maximum atomic E-state index is 12.9. The molecule has 0 aromatic rings. The summed E-state index contributed by atoms with van der Waals surface area (Å²) in [7, 11) is 0. The Bertz CT molecular complexity index is 636. The molecule has 0 N–H and O–H groups in total. The molecule has 6 atom stereocenters. The molecular weight excluding hydrogens is 304 g/mol. The standard InChI is InChI=1S/C20H26O4/c1-19-7-5-12(24-11-21)9-16(19)17(22)10-13-14-3-4-18(23)20(14,2)8-6-15(13)19/h9,11-15H,3-8,10H2,1-2H3/t12-,13-,14-,15-,19+,20-/m0/s1. The average molecular weight is 330 g/mol. The third-order valence-corrected chi connectivity index (χ3v) is 7.83. The number of hydrogen-bond donors (Lipinski definition) is 0. The first-order valence-corrected chi connectivity index (χ1v) is 9.28. The number of hydrogen-bond acceptors (Lipinski definition) is 4. The Morgan fingerprint density at radius 3 is 2.54 bits per heavy atom. The molecule has 4 aliphatic carbocycles. The van der Waals surface area contributed by atoms with Crippen molar-refractivity contribution >= 4 is 18.0 Å². The fraction of sp³-hybridized carbons (Fsp3) is 0.750. The number of fused-ring (bicyclic) bond motifs is 5. The molecule has 0 aromatic carbocycles. The lowest BCUT2D eigenvalue weighted by molar-refractivity contribution is -0.139. The van der Waals surface area contributed by atoms with Gasteiger partial charge in [-0.3, -0.25) is 14.4 Å². The van der Waals surface area contributed by atoms with Gasteiger partial charge in [0.1, 0.15) is 11.9 Å². The van der Waals surface area contributed by atoms with E-state index in [-0.39, 0.29) is 22.7 Å². The van der Waals surface area contributed by atoms with E-state index in [4.69, 9.17) is 4.74 Å². The topological polar surface area (TPSA) is 60.4 Å². The van der Waals surface area contributed by atoms with Gasteiger partial charge in [-0.1, -0.05) is 13.8 Å². The fourth-order valence-electron chi connectivity index (χ4n) is 6.47. The van der Waals surface area contributed by atoms with Crippen LogP contribution in [-0.2, 0) is 19.1 Å². The first kappa shape index (κ1) is 16.0. The minimum Gasteiger partial charge on any atom is -0.460 e. The monoisotopic (exact) mass is 330 g/mol. The molecule has 0 saturated heterocycles. The van der Waals surface area contributed by atoms with Gasteiger partial charge in [0.2, 0.25) is 0 Å². The van der Waals surface area contributed by atoms with Gasteiger partial charge in [0.15, 0.2) is 5.78 Å². The van der Waals surface area contributed by atoms with Crippen molar-refractivity contribution in [2.24, 2.45) is 28.6 Å². The zero-order chi connectivity index (χ0) is 17.1. The van der Waals surface area contributed by atoms with Crippen LogP contribution in [0.5, 0.6) is 0 Å². The lowest BCUT2D eigenvalue weighted by Crippen LogP contribution is -2.53. The normalized spacial score (nSPS) is 47.3. The summed E-state index contributed by atoms with van der Waals surface area (Å²) < 4.78 is 5.11. The summed E-state index contributed by atoms with van der Waals surface area (Å²) >= 11 is 0. The highest BCUT2D eigenvalue weighted by atomic mass is 16.5. The van der Waals surface area contributed by atoms with Gasteiger partial charge >= 0.3 is 0 Å². The van der Waals surface area contributed by atoms with Crippen molar-refractivity contribution in [1.29, 1.82) is 0 Å². The Hall–Kier alpha value is -1.45. The van der Waals surface area contributed by atoms with Crippen molar-refractivity contribution in [2.75, 3.05) is 0 Å². The highest BCUT2D eigenvalue weighted by Crippen LogP contribution is 2.63. The largest absolute Gasteiger partial charge is 0.460 e. The molecule has 4 rings (SSSR count). The molecule has 0 aromatic heterocycles. The van der Waals surface area contributed by atoms with Crippen LogP contribution >= 0.6 is 0 Å². The predicted octanol–water partition coefficient (Wildman–Crippen LogP) is 3.24. The Morgan fingerprint density at radius 2 is 1.79 bits per heavy atom. The van der Waals surface area contributed by atoms with E-state index in [1.54, 1.807) is 0 Å². The molecule has 130 valence electrons. The van der Waals surface area contributed by atoms with Crippen molar-refractivity contribution in [1.82, 2.24) is 0 Å². The lowest BCUT2D eigenvalue weighted by Gasteiger charge is -2.56. The Balaban J connectivity index is 1.69. The number of carbonyl (C=O) groups is 3. The van der Waals surface area contributed by atoms with E-state index in [2.05, 4.69) is 13.8 Å². The SMILES string of the molecule is C[C@]12CC[C@H](OC=O)C=C1C(=O)C[C@@H]1[C@@H]2CC[C@]2(C)C(=O)CC[C@@H]12. The number of rotatable bonds is 2. The fourth-order valence-corrected chi connectivity index (χ4v) is 6.47. The van der Waals surface area contributed by atoms with Crippen LogP contribution in [0.25, 0.3) is 0 Å². The van der Waals surface area contributed by atoms with Gasteiger partial charge in [-0.15, -0.1) is 0 Å². The molecule has 4 heteroatoms. The maximum Gasteiger partial charge on any atom is 0.293 e. The predicted molar refractivity (Wildman–Crippen MR) is 88.0 cm³/mol. The van der Waals surface area contributed by atoms with Crippen molar-refractivity contribution in [3.63, 3.8) is 0 Å². The van der Waals surface area contributed by atoms with Crippen molar-refractivity contribution in [2.45, 2.75) is 64.9 Å². The molecule has 3 saturated carbocycles. The van der Waals surface area contributed by atoms with E-state index in [1.807, 2.05) is 6.08 Å². The second-order valence-corrected chi connectivity index (χ2v) is 8.73. The molecule has 0 heterocycles. The molecule has 0 radical (unpaired) electrons. The van der Waals surface area contributed by atoms with Crippen LogP contribution in [0.3, 0.4) is 0 Å². The van der Waals surface area contributed by atoms with Crippen LogP contribution < -0.4 is 0 Å². The second kappa shape index (κ2) is 5.27. The molecule has 4 nitrogen and oxygen atoms in total. The average Bonchev–Trinajstić information content (AvgIpc) is 2.85. The first-order valence-electron chi connectivity index (χ1n) is 9.28. The minimum absolute atomic E-state index is 0.115. The molecule has 4 aliphatic rings. The minimum atomic E-state index is -0.256. The highest BCUT2D eigenvalue weighted by Gasteiger charge is 2.60. The van der Waals surface area contributed by atoms with E-state index >= 15 is 0 Å². The molecule has 0 unspecified atom stereocenters. The number of allylic oxidation sites excluding steroid dienone is 1. The van der Waals surface area contributed by atoms with Gasteiger partial charge in [0.05, 0.1) is 0 Å². The summed E-state index contributed by atoms with van der Waals surface area (Å²) in [6.45, 7) is 4.84. The van der Waals surface area contributed by atoms with E-state index in [9.17, 15) is 14.4 Å². The molecule has 0 bridgehead atoms. The summed E-state index contributed by atoms with van der Waals surface area (Å²) in [5.74, 6) is 1.81. The number of ether oxygens (including phenoxy) is 1. The van der Waals surface area contributed by atoms with Crippen molar-refractivity contribution < 1.29 is 19.1 Å². The van der Waals surface area contributed by atoms with Crippen molar-refractivity contribution in [3.05, 3.63) is 11.6 Å². The Kier molecular flexibility index (Phi) is 3.52. The molecule has 0 aliphatic heterocycles. The molecule has 0 spiro atoms. The third kappa shape index (κ3) is 2.01. The summed E-state index contributed by atoms with van der Waals surface area (Å²) in [5, 5.41) is 0. The molecule has 3 fully saturated rings. The van der Waals surface area contributed by atoms with Crippen molar-refractivity contribution in [3.8, 4) is 0 Å². The summed E-state index contributed by atoms with van der Waals surface area (Å²) in [4.78, 5) is 36.0. The van der Waals surface area contributed by atoms with Crippen LogP contribution in [0.15, 0.2) is 11.6 Å². The van der Waals surface area contributed by atoms with Crippen LogP contribution in [0.1, 0.15) is 58.8 Å². The van der Waals surface area contributed by atoms with E-state index in [0.29, 0.717) is 42.9 Å². The zero-order valence-electron chi connectivity index (χ0n) is 14.5. The Morgan fingerprint density at radius 1 is 1.08 bits per heavy atom. The first-order chi connectivity index (χ1) is 11.4. The van der Waals surface area contributed by atoms with Gasteiger partial charge in [0.25, 0.3) is 6.47 Å². The van der Waals surface area contributed by atoms with Crippen LogP contribution in [0.4, 0.5) is 0 Å². The van der Waals surface area contributed by atoms with E-state index in [0.717, 1.165) is 37.7 Å². The molecule has 0 amide bonds. The third-order valence-electron chi connectivity index (χ3n) is 7.83. The molecule has 24 heavy (non-hydrogen) atoms. The van der Waals surface area contributed by atoms with Gasteiger partial charge < -0.3 is 4.74 Å². The van der Waals surface area contributed by atoms with Crippen LogP contribution in [0.2, 0.25) is 0 Å². The number of Topliss-reactive ketones (excluding diaryl/α,β-unsaturated/α-hetero) is 2. The second-order valence-electron chi connectivity index (χ2n) is 8.73. The summed E-state index contributed by atoms with van der Waals surface area (Å²) in [6.07, 6.45) is 7.53. The van der Waals surface area contributed by atoms with Gasteiger partial charge in [-0.25, -0.2) is 0 Å². The lowest BCUT2D eigenvalue weighted by atomic mass is 9.47. The zero-order valence-corrected chi connectivity index (χ0v) is 14.5. The van der Waals surface area contributed by atoms with Gasteiger partial charge in [-0.2, -0.15) is 0 Å². The quantitative estimate of drug-likeness (QED) is 0.729. The summed E-state index contributed by atoms with van der Waals surface area (Å²) in [6, 6.07) is 0. The van der Waals surface area contributed by atoms with Crippen LogP contribution in [-0.4, -0.2) is 24.1 Å². The van der Waals surface area contributed by atoms with E-state index < -0.39 is 0 Å². The van der Waals surface area contributed by atoms with Crippen LogP contribution in [0, 0.1) is 28.6 Å².